The van der Waals surface area contributed by atoms with E-state index >= 15 is 0 Å². The zero-order chi connectivity index (χ0) is 18.7. The van der Waals surface area contributed by atoms with Gasteiger partial charge in [-0.25, -0.2) is 8.42 Å². The van der Waals surface area contributed by atoms with Crippen LogP contribution < -0.4 is 0 Å². The van der Waals surface area contributed by atoms with Crippen molar-refractivity contribution in [2.24, 2.45) is 5.92 Å². The highest BCUT2D eigenvalue weighted by Crippen LogP contribution is 2.23. The van der Waals surface area contributed by atoms with E-state index in [1.807, 2.05) is 0 Å². The highest BCUT2D eigenvalue weighted by Gasteiger charge is 2.29. The third-order valence-corrected chi connectivity index (χ3v) is 7.03. The van der Waals surface area contributed by atoms with Crippen molar-refractivity contribution in [3.05, 3.63) is 29.8 Å². The summed E-state index contributed by atoms with van der Waals surface area (Å²) in [5.41, 5.74) is 0.460. The molecule has 2 aliphatic rings. The van der Waals surface area contributed by atoms with E-state index < -0.39 is 10.0 Å². The molecule has 2 heterocycles. The predicted molar refractivity (Wildman–Crippen MR) is 95.1 cm³/mol. The molecule has 0 spiro atoms. The van der Waals surface area contributed by atoms with Crippen LogP contribution in [0.4, 0.5) is 0 Å². The van der Waals surface area contributed by atoms with E-state index in [4.69, 9.17) is 4.74 Å². The highest BCUT2D eigenvalue weighted by molar-refractivity contribution is 7.89. The lowest BCUT2D eigenvalue weighted by Gasteiger charge is -2.30. The van der Waals surface area contributed by atoms with Crippen molar-refractivity contribution in [1.82, 2.24) is 9.21 Å². The molecule has 2 fully saturated rings. The molecule has 0 saturated carbocycles. The fourth-order valence-corrected chi connectivity index (χ4v) is 5.03. The van der Waals surface area contributed by atoms with E-state index in [0.717, 1.165) is 12.8 Å². The summed E-state index contributed by atoms with van der Waals surface area (Å²) < 4.78 is 31.3. The molecule has 2 aliphatic heterocycles. The molecule has 0 aromatic heterocycles. The second-order valence-corrected chi connectivity index (χ2v) is 8.66. The monoisotopic (exact) mass is 380 g/mol. The smallest absolute Gasteiger partial charge is 0.308 e. The molecular weight excluding hydrogens is 356 g/mol. The number of hydrogen-bond acceptors (Lipinski definition) is 5. The standard InChI is InChI=1S/C18H24N2O5S/c1-25-18(22)15-8-12-19(13-9-15)17(21)14-4-6-16(7-5-14)26(23,24)20-10-2-3-11-20/h4-7,15H,2-3,8-13H2,1H3. The van der Waals surface area contributed by atoms with Crippen molar-refractivity contribution in [1.29, 1.82) is 0 Å². The van der Waals surface area contributed by atoms with Gasteiger partial charge in [-0.15, -0.1) is 0 Å². The van der Waals surface area contributed by atoms with Gasteiger partial charge in [-0.3, -0.25) is 9.59 Å². The van der Waals surface area contributed by atoms with Gasteiger partial charge < -0.3 is 9.64 Å². The van der Waals surface area contributed by atoms with Gasteiger partial charge in [0.05, 0.1) is 17.9 Å². The van der Waals surface area contributed by atoms with E-state index in [2.05, 4.69) is 0 Å². The molecule has 0 atom stereocenters. The maximum absolute atomic E-state index is 12.6. The maximum Gasteiger partial charge on any atom is 0.308 e. The fourth-order valence-electron chi connectivity index (χ4n) is 3.51. The second-order valence-electron chi connectivity index (χ2n) is 6.73. The topological polar surface area (TPSA) is 84.0 Å². The number of amides is 1. The Bertz CT molecular complexity index is 761. The molecule has 0 unspecified atom stereocenters. The minimum Gasteiger partial charge on any atom is -0.469 e. The summed E-state index contributed by atoms with van der Waals surface area (Å²) in [5.74, 6) is -0.524. The number of benzene rings is 1. The van der Waals surface area contributed by atoms with Gasteiger partial charge in [0.25, 0.3) is 5.91 Å². The Morgan fingerprint density at radius 1 is 1.00 bits per heavy atom. The molecule has 0 aliphatic carbocycles. The second kappa shape index (κ2) is 7.75. The Hall–Kier alpha value is -1.93. The third kappa shape index (κ3) is 3.76. The van der Waals surface area contributed by atoms with Crippen molar-refractivity contribution >= 4 is 21.9 Å². The number of carbonyl (C=O) groups excluding carboxylic acids is 2. The van der Waals surface area contributed by atoms with Crippen LogP contribution in [0.1, 0.15) is 36.0 Å². The van der Waals surface area contributed by atoms with E-state index in [1.54, 1.807) is 17.0 Å². The van der Waals surface area contributed by atoms with Gasteiger partial charge >= 0.3 is 5.97 Å². The van der Waals surface area contributed by atoms with Gasteiger partial charge in [0.15, 0.2) is 0 Å². The Morgan fingerprint density at radius 2 is 1.58 bits per heavy atom. The molecule has 0 radical (unpaired) electrons. The SMILES string of the molecule is COC(=O)C1CCN(C(=O)c2ccc(S(=O)(=O)N3CCCC3)cc2)CC1. The molecule has 2 saturated heterocycles. The first-order chi connectivity index (χ1) is 12.4. The van der Waals surface area contributed by atoms with Crippen LogP contribution in [0.25, 0.3) is 0 Å². The van der Waals surface area contributed by atoms with Crippen molar-refractivity contribution < 1.29 is 22.7 Å². The molecule has 7 nitrogen and oxygen atoms in total. The molecule has 1 amide bonds. The lowest BCUT2D eigenvalue weighted by molar-refractivity contribution is -0.146. The van der Waals surface area contributed by atoms with Crippen molar-refractivity contribution in [2.45, 2.75) is 30.6 Å². The van der Waals surface area contributed by atoms with Gasteiger partial charge in [0.2, 0.25) is 10.0 Å². The number of piperidine rings is 1. The maximum atomic E-state index is 12.6. The Kier molecular flexibility index (Phi) is 5.62. The van der Waals surface area contributed by atoms with E-state index in [-0.39, 0.29) is 22.7 Å². The molecule has 8 heteroatoms. The number of hydrogen-bond donors (Lipinski definition) is 0. The molecule has 0 N–H and O–H groups in total. The molecule has 1 aromatic rings. The molecule has 26 heavy (non-hydrogen) atoms. The largest absolute Gasteiger partial charge is 0.469 e. The minimum absolute atomic E-state index is 0.140. The number of nitrogens with zero attached hydrogens (tertiary/aromatic N) is 2. The van der Waals surface area contributed by atoms with E-state index in [1.165, 1.54) is 23.5 Å². The van der Waals surface area contributed by atoms with Crippen LogP contribution in [-0.2, 0) is 19.6 Å². The van der Waals surface area contributed by atoms with E-state index in [0.29, 0.717) is 44.6 Å². The first-order valence-electron chi connectivity index (χ1n) is 8.91. The average Bonchev–Trinajstić information content (AvgIpc) is 3.23. The summed E-state index contributed by atoms with van der Waals surface area (Å²) in [6, 6.07) is 6.14. The third-order valence-electron chi connectivity index (χ3n) is 5.12. The summed E-state index contributed by atoms with van der Waals surface area (Å²) in [6.07, 6.45) is 2.94. The van der Waals surface area contributed by atoms with Gasteiger partial charge in [-0.2, -0.15) is 4.31 Å². The fraction of sp³-hybridized carbons (Fsp3) is 0.556. The zero-order valence-electron chi connectivity index (χ0n) is 14.9. The van der Waals surface area contributed by atoms with Crippen molar-refractivity contribution in [3.63, 3.8) is 0 Å². The lowest BCUT2D eigenvalue weighted by atomic mass is 9.96. The lowest BCUT2D eigenvalue weighted by Crippen LogP contribution is -2.40. The number of likely N-dealkylation sites (tertiary alicyclic amines) is 1. The number of ether oxygens (including phenoxy) is 1. The van der Waals surface area contributed by atoms with Crippen LogP contribution in [0.2, 0.25) is 0 Å². The number of methoxy groups -OCH3 is 1. The molecule has 1 aromatic carbocycles. The molecule has 142 valence electrons. The van der Waals surface area contributed by atoms with Crippen LogP contribution in [-0.4, -0.2) is 62.8 Å². The molecule has 0 bridgehead atoms. The minimum atomic E-state index is -3.47. The van der Waals surface area contributed by atoms with Gasteiger partial charge in [0.1, 0.15) is 0 Å². The first kappa shape index (κ1) is 18.8. The van der Waals surface area contributed by atoms with Gasteiger partial charge in [-0.05, 0) is 49.9 Å². The van der Waals surface area contributed by atoms with Gasteiger partial charge in [-0.1, -0.05) is 0 Å². The van der Waals surface area contributed by atoms with Crippen LogP contribution in [0.3, 0.4) is 0 Å². The quantitative estimate of drug-likeness (QED) is 0.739. The van der Waals surface area contributed by atoms with Gasteiger partial charge in [0, 0.05) is 31.7 Å². The van der Waals surface area contributed by atoms with Crippen LogP contribution in [0.15, 0.2) is 29.2 Å². The Morgan fingerprint density at radius 3 is 2.12 bits per heavy atom. The highest BCUT2D eigenvalue weighted by atomic mass is 32.2. The predicted octanol–water partition coefficient (Wildman–Crippen LogP) is 1.50. The summed E-state index contributed by atoms with van der Waals surface area (Å²) in [5, 5.41) is 0. The van der Waals surface area contributed by atoms with Crippen molar-refractivity contribution in [2.75, 3.05) is 33.3 Å². The van der Waals surface area contributed by atoms with Crippen LogP contribution >= 0.6 is 0 Å². The normalized spacial score (nSPS) is 19.5. The number of sulfonamides is 1. The Balaban J connectivity index is 1.65. The zero-order valence-corrected chi connectivity index (χ0v) is 15.7. The summed E-state index contributed by atoms with van der Waals surface area (Å²) in [6.45, 7) is 2.09. The molecular formula is C18H24N2O5S. The number of carbonyl (C=O) groups is 2. The summed E-state index contributed by atoms with van der Waals surface area (Å²) in [7, 11) is -2.10. The van der Waals surface area contributed by atoms with Crippen molar-refractivity contribution in [3.8, 4) is 0 Å². The summed E-state index contributed by atoms with van der Waals surface area (Å²) in [4.78, 5) is 26.1. The van der Waals surface area contributed by atoms with Crippen LogP contribution in [0.5, 0.6) is 0 Å². The molecule has 3 rings (SSSR count). The Labute approximate surface area is 154 Å². The number of esters is 1. The van der Waals surface area contributed by atoms with Crippen LogP contribution in [0, 0.1) is 5.92 Å². The number of rotatable bonds is 4. The average molecular weight is 380 g/mol. The summed E-state index contributed by atoms with van der Waals surface area (Å²) >= 11 is 0. The first-order valence-corrected chi connectivity index (χ1v) is 10.3. The van der Waals surface area contributed by atoms with E-state index in [9.17, 15) is 18.0 Å².